The van der Waals surface area contributed by atoms with Crippen LogP contribution < -0.4 is 5.32 Å². The van der Waals surface area contributed by atoms with E-state index in [1.165, 1.54) is 0 Å². The lowest BCUT2D eigenvalue weighted by Crippen LogP contribution is -2.17. The summed E-state index contributed by atoms with van der Waals surface area (Å²) < 4.78 is 13.1. The molecule has 0 aliphatic carbocycles. The third-order valence-electron chi connectivity index (χ3n) is 1.64. The minimum atomic E-state index is -0.567. The van der Waals surface area contributed by atoms with E-state index in [4.69, 9.17) is 18.0 Å². The van der Waals surface area contributed by atoms with Gasteiger partial charge in [0.05, 0.1) is 12.2 Å². The number of anilines is 1. The minimum absolute atomic E-state index is 0.0132. The molecule has 1 unspecified atom stereocenters. The van der Waals surface area contributed by atoms with Gasteiger partial charge in [0.15, 0.2) is 11.6 Å². The van der Waals surface area contributed by atoms with Gasteiger partial charge in [0.1, 0.15) is 0 Å². The first-order chi connectivity index (χ1) is 6.67. The minimum Gasteiger partial charge on any atom is -0.354 e. The van der Waals surface area contributed by atoms with Crippen molar-refractivity contribution in [3.05, 3.63) is 17.3 Å². The molecule has 3 nitrogen and oxygen atoms in total. The molecule has 1 rings (SSSR count). The molecule has 74 valence electrons. The molecule has 1 heterocycles. The van der Waals surface area contributed by atoms with Crippen molar-refractivity contribution >= 4 is 17.4 Å². The zero-order valence-corrected chi connectivity index (χ0v) is 8.35. The molecule has 0 bridgehead atoms. The first kappa shape index (κ1) is 10.7. The summed E-state index contributed by atoms with van der Waals surface area (Å²) in [6.45, 7) is 1.89. The van der Waals surface area contributed by atoms with Crippen molar-refractivity contribution in [1.82, 2.24) is 9.97 Å². The van der Waals surface area contributed by atoms with Crippen molar-refractivity contribution in [3.8, 4) is 12.3 Å². The van der Waals surface area contributed by atoms with Gasteiger partial charge in [-0.1, -0.05) is 12.8 Å². The Balaban J connectivity index is 2.86. The Morgan fingerprint density at radius 3 is 3.07 bits per heavy atom. The third kappa shape index (κ3) is 2.57. The molecular formula is C9H9ClFN3. The average Bonchev–Trinajstić information content (AvgIpc) is 2.19. The summed E-state index contributed by atoms with van der Waals surface area (Å²) in [5, 5.41) is 2.73. The van der Waals surface area contributed by atoms with E-state index in [9.17, 15) is 4.39 Å². The lowest BCUT2D eigenvalue weighted by molar-refractivity contribution is 0.614. The molecule has 14 heavy (non-hydrogen) atoms. The molecule has 0 saturated heterocycles. The Labute approximate surface area is 86.7 Å². The zero-order chi connectivity index (χ0) is 10.6. The molecule has 1 atom stereocenters. The topological polar surface area (TPSA) is 37.8 Å². The molecule has 0 radical (unpaired) electrons. The Bertz CT molecular complexity index is 362. The van der Waals surface area contributed by atoms with Crippen molar-refractivity contribution in [2.75, 3.05) is 5.32 Å². The van der Waals surface area contributed by atoms with Crippen molar-refractivity contribution in [1.29, 1.82) is 0 Å². The summed E-state index contributed by atoms with van der Waals surface area (Å²) in [7, 11) is 0. The summed E-state index contributed by atoms with van der Waals surface area (Å²) in [4.78, 5) is 7.17. The molecule has 0 aromatic carbocycles. The van der Waals surface area contributed by atoms with Crippen LogP contribution in [0.4, 0.5) is 10.2 Å². The molecule has 1 aromatic heterocycles. The Morgan fingerprint density at radius 2 is 2.50 bits per heavy atom. The van der Waals surface area contributed by atoms with Crippen LogP contribution in [0.3, 0.4) is 0 Å². The monoisotopic (exact) mass is 213 g/mol. The van der Waals surface area contributed by atoms with Crippen LogP contribution in [0, 0.1) is 18.2 Å². The number of rotatable bonds is 3. The number of nitrogens with zero attached hydrogens (tertiary/aromatic N) is 2. The second-order valence-corrected chi connectivity index (χ2v) is 2.95. The van der Waals surface area contributed by atoms with Gasteiger partial charge in [-0.15, -0.1) is 6.42 Å². The van der Waals surface area contributed by atoms with E-state index < -0.39 is 5.82 Å². The number of halogens is 2. The van der Waals surface area contributed by atoms with Crippen LogP contribution in [0.15, 0.2) is 6.20 Å². The van der Waals surface area contributed by atoms with Gasteiger partial charge in [-0.05, 0) is 18.0 Å². The van der Waals surface area contributed by atoms with E-state index in [0.29, 0.717) is 6.42 Å². The number of hydrogen-bond acceptors (Lipinski definition) is 3. The first-order valence-electron chi connectivity index (χ1n) is 4.08. The van der Waals surface area contributed by atoms with Crippen LogP contribution in [0.2, 0.25) is 5.28 Å². The fourth-order valence-corrected chi connectivity index (χ4v) is 1.01. The predicted octanol–water partition coefficient (Wildman–Crippen LogP) is 2.09. The SMILES string of the molecule is C#CC(CC)Nc1nc(Cl)ncc1F. The van der Waals surface area contributed by atoms with Gasteiger partial charge in [0.25, 0.3) is 0 Å². The van der Waals surface area contributed by atoms with Crippen molar-refractivity contribution in [3.63, 3.8) is 0 Å². The second kappa shape index (κ2) is 4.77. The van der Waals surface area contributed by atoms with Crippen LogP contribution in [-0.2, 0) is 0 Å². The van der Waals surface area contributed by atoms with Gasteiger partial charge >= 0.3 is 0 Å². The maximum Gasteiger partial charge on any atom is 0.224 e. The van der Waals surface area contributed by atoms with Gasteiger partial charge in [-0.25, -0.2) is 9.37 Å². The molecule has 1 aromatic rings. The van der Waals surface area contributed by atoms with Gasteiger partial charge in [-0.2, -0.15) is 4.98 Å². The van der Waals surface area contributed by atoms with E-state index in [2.05, 4.69) is 21.2 Å². The quantitative estimate of drug-likeness (QED) is 0.617. The molecule has 0 amide bonds. The Kier molecular flexibility index (Phi) is 3.66. The lowest BCUT2D eigenvalue weighted by atomic mass is 10.2. The molecule has 0 aliphatic heterocycles. The average molecular weight is 214 g/mol. The van der Waals surface area contributed by atoms with Gasteiger partial charge in [0, 0.05) is 0 Å². The smallest absolute Gasteiger partial charge is 0.224 e. The summed E-state index contributed by atoms with van der Waals surface area (Å²) in [6, 6.07) is -0.254. The summed E-state index contributed by atoms with van der Waals surface area (Å²) in [6.07, 6.45) is 6.89. The Morgan fingerprint density at radius 1 is 1.79 bits per heavy atom. The number of aromatic nitrogens is 2. The van der Waals surface area contributed by atoms with Crippen LogP contribution in [0.5, 0.6) is 0 Å². The molecule has 0 fully saturated rings. The van der Waals surface area contributed by atoms with E-state index in [1.54, 1.807) is 0 Å². The molecule has 0 saturated carbocycles. The molecule has 0 spiro atoms. The van der Waals surface area contributed by atoms with E-state index in [0.717, 1.165) is 6.20 Å². The third-order valence-corrected chi connectivity index (χ3v) is 1.82. The summed E-state index contributed by atoms with van der Waals surface area (Å²) in [5.74, 6) is 1.94. The van der Waals surface area contributed by atoms with E-state index >= 15 is 0 Å². The number of terminal acetylenes is 1. The highest BCUT2D eigenvalue weighted by molar-refractivity contribution is 6.28. The summed E-state index contributed by atoms with van der Waals surface area (Å²) in [5.41, 5.74) is 0. The fourth-order valence-electron chi connectivity index (χ4n) is 0.873. The van der Waals surface area contributed by atoms with Crippen molar-refractivity contribution < 1.29 is 4.39 Å². The molecular weight excluding hydrogens is 205 g/mol. The highest BCUT2D eigenvalue weighted by atomic mass is 35.5. The maximum atomic E-state index is 13.1. The standard InChI is InChI=1S/C9H9ClFN3/c1-3-6(4-2)13-8-7(11)5-12-9(10)14-8/h1,5-6H,4H2,2H3,(H,12,13,14). The van der Waals surface area contributed by atoms with E-state index in [-0.39, 0.29) is 17.1 Å². The number of nitrogens with one attached hydrogen (secondary N) is 1. The van der Waals surface area contributed by atoms with E-state index in [1.807, 2.05) is 6.92 Å². The zero-order valence-electron chi connectivity index (χ0n) is 7.59. The summed E-state index contributed by atoms with van der Waals surface area (Å²) >= 11 is 5.51. The lowest BCUT2D eigenvalue weighted by Gasteiger charge is -2.11. The number of hydrogen-bond donors (Lipinski definition) is 1. The van der Waals surface area contributed by atoms with Crippen LogP contribution in [-0.4, -0.2) is 16.0 Å². The Hall–Kier alpha value is -1.34. The van der Waals surface area contributed by atoms with Crippen molar-refractivity contribution in [2.24, 2.45) is 0 Å². The largest absolute Gasteiger partial charge is 0.354 e. The predicted molar refractivity (Wildman–Crippen MR) is 53.5 cm³/mol. The van der Waals surface area contributed by atoms with Crippen LogP contribution in [0.1, 0.15) is 13.3 Å². The van der Waals surface area contributed by atoms with Crippen molar-refractivity contribution in [2.45, 2.75) is 19.4 Å². The molecule has 0 aliphatic rings. The fraction of sp³-hybridized carbons (Fsp3) is 0.333. The maximum absolute atomic E-state index is 13.1. The highest BCUT2D eigenvalue weighted by Crippen LogP contribution is 2.13. The van der Waals surface area contributed by atoms with Gasteiger partial charge in [-0.3, -0.25) is 0 Å². The second-order valence-electron chi connectivity index (χ2n) is 2.61. The molecule has 1 N–H and O–H groups in total. The first-order valence-corrected chi connectivity index (χ1v) is 4.46. The highest BCUT2D eigenvalue weighted by Gasteiger charge is 2.09. The molecule has 5 heteroatoms. The van der Waals surface area contributed by atoms with Gasteiger partial charge < -0.3 is 5.32 Å². The van der Waals surface area contributed by atoms with Crippen LogP contribution >= 0.6 is 11.6 Å². The normalized spacial score (nSPS) is 11.9. The van der Waals surface area contributed by atoms with Gasteiger partial charge in [0.2, 0.25) is 5.28 Å². The van der Waals surface area contributed by atoms with Crippen LogP contribution in [0.25, 0.3) is 0 Å².